The van der Waals surface area contributed by atoms with E-state index >= 15 is 0 Å². The average molecular weight is 493 g/mol. The van der Waals surface area contributed by atoms with Crippen molar-refractivity contribution >= 4 is 29.4 Å². The highest BCUT2D eigenvalue weighted by Crippen LogP contribution is 2.27. The smallest absolute Gasteiger partial charge is 0.412 e. The van der Waals surface area contributed by atoms with E-state index in [-0.39, 0.29) is 12.6 Å². The molecule has 1 aliphatic heterocycles. The Hall–Kier alpha value is -4.54. The first-order chi connectivity index (χ1) is 17.6. The second-order valence-electron chi connectivity index (χ2n) is 7.92. The number of benzene rings is 1. The summed E-state index contributed by atoms with van der Waals surface area (Å²) in [6.07, 6.45) is 2.71. The second-order valence-corrected chi connectivity index (χ2v) is 7.92. The van der Waals surface area contributed by atoms with E-state index < -0.39 is 6.09 Å². The molecule has 188 valence electrons. The number of hydrogen-bond donors (Lipinski definition) is 2. The van der Waals surface area contributed by atoms with E-state index in [2.05, 4.69) is 30.2 Å². The Kier molecular flexibility index (Phi) is 8.01. The molecule has 36 heavy (non-hydrogen) atoms. The van der Waals surface area contributed by atoms with Gasteiger partial charge in [-0.3, -0.25) is 5.32 Å². The standard InChI is InChI=1S/C25H28N6O5/c1-34-20-6-3-5-19(16-20)28-24(32)31-13-11-30(12-14-31)23-21(7-4-9-27-23)36-17-18-8-10-26-22(15-18)29-25(33)35-2/h3-10,15-16H,11-14,17H2,1-2H3,(H,28,32)(H,26,29,33). The van der Waals surface area contributed by atoms with Crippen molar-refractivity contribution in [1.29, 1.82) is 0 Å². The summed E-state index contributed by atoms with van der Waals surface area (Å²) in [5.74, 6) is 2.40. The third-order valence-electron chi connectivity index (χ3n) is 5.57. The molecule has 11 heteroatoms. The first kappa shape index (κ1) is 24.6. The van der Waals surface area contributed by atoms with Crippen molar-refractivity contribution in [3.63, 3.8) is 0 Å². The Morgan fingerprint density at radius 3 is 2.56 bits per heavy atom. The predicted molar refractivity (Wildman–Crippen MR) is 135 cm³/mol. The van der Waals surface area contributed by atoms with Crippen molar-refractivity contribution in [1.82, 2.24) is 14.9 Å². The minimum atomic E-state index is -0.591. The lowest BCUT2D eigenvalue weighted by molar-refractivity contribution is 0.186. The number of pyridine rings is 2. The van der Waals surface area contributed by atoms with Crippen molar-refractivity contribution in [3.05, 3.63) is 66.5 Å². The summed E-state index contributed by atoms with van der Waals surface area (Å²) in [5, 5.41) is 5.46. The molecule has 4 rings (SSSR count). The van der Waals surface area contributed by atoms with Crippen molar-refractivity contribution in [2.24, 2.45) is 0 Å². The highest BCUT2D eigenvalue weighted by atomic mass is 16.5. The van der Waals surface area contributed by atoms with E-state index in [0.717, 1.165) is 5.56 Å². The van der Waals surface area contributed by atoms with E-state index in [1.165, 1.54) is 7.11 Å². The van der Waals surface area contributed by atoms with E-state index in [1.54, 1.807) is 42.6 Å². The fraction of sp³-hybridized carbons (Fsp3) is 0.280. The Balaban J connectivity index is 1.34. The molecule has 1 saturated heterocycles. The summed E-state index contributed by atoms with van der Waals surface area (Å²) in [5.41, 5.74) is 1.51. The first-order valence-corrected chi connectivity index (χ1v) is 11.4. The topological polar surface area (TPSA) is 118 Å². The van der Waals surface area contributed by atoms with Crippen LogP contribution in [0.3, 0.4) is 0 Å². The number of piperazine rings is 1. The van der Waals surface area contributed by atoms with Crippen LogP contribution in [0.15, 0.2) is 60.9 Å². The number of anilines is 3. The largest absolute Gasteiger partial charge is 0.497 e. The summed E-state index contributed by atoms with van der Waals surface area (Å²) in [6, 6.07) is 14.3. The average Bonchev–Trinajstić information content (AvgIpc) is 2.92. The van der Waals surface area contributed by atoms with Crippen molar-refractivity contribution in [3.8, 4) is 11.5 Å². The number of nitrogens with zero attached hydrogens (tertiary/aromatic N) is 4. The zero-order valence-corrected chi connectivity index (χ0v) is 20.1. The molecule has 0 aliphatic carbocycles. The van der Waals surface area contributed by atoms with Crippen LogP contribution >= 0.6 is 0 Å². The minimum absolute atomic E-state index is 0.158. The van der Waals surface area contributed by atoms with Crippen LogP contribution in [0.25, 0.3) is 0 Å². The molecule has 2 N–H and O–H groups in total. The number of hydrogen-bond acceptors (Lipinski definition) is 8. The van der Waals surface area contributed by atoms with Gasteiger partial charge < -0.3 is 29.3 Å². The van der Waals surface area contributed by atoms with Gasteiger partial charge in [-0.15, -0.1) is 0 Å². The van der Waals surface area contributed by atoms with Crippen LogP contribution in [0.5, 0.6) is 11.5 Å². The van der Waals surface area contributed by atoms with Crippen molar-refractivity contribution < 1.29 is 23.8 Å². The van der Waals surface area contributed by atoms with Crippen LogP contribution in [-0.2, 0) is 11.3 Å². The van der Waals surface area contributed by atoms with Crippen LogP contribution in [0.2, 0.25) is 0 Å². The van der Waals surface area contributed by atoms with Gasteiger partial charge in [0.05, 0.1) is 14.2 Å². The van der Waals surface area contributed by atoms with Crippen LogP contribution in [0.1, 0.15) is 5.56 Å². The van der Waals surface area contributed by atoms with Gasteiger partial charge in [-0.1, -0.05) is 6.07 Å². The summed E-state index contributed by atoms with van der Waals surface area (Å²) in [4.78, 5) is 36.6. The second kappa shape index (κ2) is 11.7. The molecule has 3 heterocycles. The SMILES string of the molecule is COC(=O)Nc1cc(COc2cccnc2N2CCN(C(=O)Nc3cccc(OC)c3)CC2)ccn1. The zero-order valence-electron chi connectivity index (χ0n) is 20.1. The number of carbonyl (C=O) groups excluding carboxylic acids is 2. The maximum Gasteiger partial charge on any atom is 0.412 e. The molecule has 0 bridgehead atoms. The quantitative estimate of drug-likeness (QED) is 0.514. The maximum atomic E-state index is 12.7. The van der Waals surface area contributed by atoms with Crippen LogP contribution < -0.4 is 25.0 Å². The fourth-order valence-electron chi connectivity index (χ4n) is 3.71. The number of carbonyl (C=O) groups is 2. The highest BCUT2D eigenvalue weighted by molar-refractivity contribution is 5.89. The third-order valence-corrected chi connectivity index (χ3v) is 5.57. The highest BCUT2D eigenvalue weighted by Gasteiger charge is 2.24. The molecule has 0 radical (unpaired) electrons. The molecule has 11 nitrogen and oxygen atoms in total. The number of nitrogens with one attached hydrogen (secondary N) is 2. The molecular formula is C25H28N6O5. The molecule has 0 saturated carbocycles. The molecule has 1 aliphatic rings. The molecular weight excluding hydrogens is 464 g/mol. The van der Waals surface area contributed by atoms with Gasteiger partial charge in [0.2, 0.25) is 0 Å². The summed E-state index contributed by atoms with van der Waals surface area (Å²) in [7, 11) is 2.88. The molecule has 3 amide bonds. The summed E-state index contributed by atoms with van der Waals surface area (Å²) >= 11 is 0. The number of urea groups is 1. The molecule has 0 unspecified atom stereocenters. The first-order valence-electron chi connectivity index (χ1n) is 11.4. The van der Waals surface area contributed by atoms with Gasteiger partial charge in [0.1, 0.15) is 18.2 Å². The minimum Gasteiger partial charge on any atom is -0.497 e. The molecule has 0 atom stereocenters. The number of amides is 3. The number of rotatable bonds is 7. The van der Waals surface area contributed by atoms with Gasteiger partial charge in [0.15, 0.2) is 11.6 Å². The summed E-state index contributed by atoms with van der Waals surface area (Å²) in [6.45, 7) is 2.57. The van der Waals surface area contributed by atoms with Gasteiger partial charge in [-0.2, -0.15) is 0 Å². The van der Waals surface area contributed by atoms with E-state index in [0.29, 0.717) is 55.0 Å². The van der Waals surface area contributed by atoms with Gasteiger partial charge in [0, 0.05) is 50.3 Å². The number of aromatic nitrogens is 2. The van der Waals surface area contributed by atoms with Crippen LogP contribution in [0, 0.1) is 0 Å². The lowest BCUT2D eigenvalue weighted by Crippen LogP contribution is -2.50. The maximum absolute atomic E-state index is 12.7. The van der Waals surface area contributed by atoms with Crippen LogP contribution in [-0.4, -0.2) is 67.4 Å². The van der Waals surface area contributed by atoms with Crippen molar-refractivity contribution in [2.45, 2.75) is 6.61 Å². The van der Waals surface area contributed by atoms with E-state index in [4.69, 9.17) is 9.47 Å². The summed E-state index contributed by atoms with van der Waals surface area (Å²) < 4.78 is 15.9. The van der Waals surface area contributed by atoms with Gasteiger partial charge >= 0.3 is 12.1 Å². The fourth-order valence-corrected chi connectivity index (χ4v) is 3.71. The molecule has 1 fully saturated rings. The third kappa shape index (κ3) is 6.32. The Morgan fingerprint density at radius 2 is 1.78 bits per heavy atom. The van der Waals surface area contributed by atoms with Crippen LogP contribution in [0.4, 0.5) is 26.9 Å². The Labute approximate surface area is 209 Å². The predicted octanol–water partition coefficient (Wildman–Crippen LogP) is 3.60. The van der Waals surface area contributed by atoms with Gasteiger partial charge in [0.25, 0.3) is 0 Å². The van der Waals surface area contributed by atoms with Gasteiger partial charge in [-0.05, 0) is 42.0 Å². The molecule has 0 spiro atoms. The Morgan fingerprint density at radius 1 is 0.944 bits per heavy atom. The van der Waals surface area contributed by atoms with E-state index in [1.807, 2.05) is 30.3 Å². The lowest BCUT2D eigenvalue weighted by atomic mass is 10.2. The monoisotopic (exact) mass is 492 g/mol. The Bertz CT molecular complexity index is 1200. The lowest BCUT2D eigenvalue weighted by Gasteiger charge is -2.35. The normalized spacial score (nSPS) is 13.1. The van der Waals surface area contributed by atoms with E-state index in [9.17, 15) is 9.59 Å². The molecule has 2 aromatic heterocycles. The molecule has 1 aromatic carbocycles. The number of methoxy groups -OCH3 is 2. The molecule has 3 aromatic rings. The van der Waals surface area contributed by atoms with Gasteiger partial charge in [-0.25, -0.2) is 19.6 Å². The zero-order chi connectivity index (χ0) is 25.3. The number of ether oxygens (including phenoxy) is 3. The van der Waals surface area contributed by atoms with Crippen molar-refractivity contribution in [2.75, 3.05) is 55.9 Å².